The third-order valence-corrected chi connectivity index (χ3v) is 6.07. The molecule has 2 atom stereocenters. The summed E-state index contributed by atoms with van der Waals surface area (Å²) in [5.41, 5.74) is 4.22. The molecule has 32 heavy (non-hydrogen) atoms. The predicted molar refractivity (Wildman–Crippen MR) is 123 cm³/mol. The summed E-state index contributed by atoms with van der Waals surface area (Å²) < 4.78 is 10.5. The summed E-state index contributed by atoms with van der Waals surface area (Å²) in [4.78, 5) is 33.6. The van der Waals surface area contributed by atoms with E-state index in [1.165, 1.54) is 25.6 Å². The van der Waals surface area contributed by atoms with Crippen molar-refractivity contribution in [2.24, 2.45) is 9.98 Å². The van der Waals surface area contributed by atoms with Gasteiger partial charge in [0.15, 0.2) is 0 Å². The van der Waals surface area contributed by atoms with Crippen LogP contribution in [0.4, 0.5) is 4.79 Å². The zero-order chi connectivity index (χ0) is 22.7. The Kier molecular flexibility index (Phi) is 6.22. The van der Waals surface area contributed by atoms with Crippen LogP contribution in [0, 0.1) is 0 Å². The molecule has 3 aromatic rings. The van der Waals surface area contributed by atoms with Crippen molar-refractivity contribution in [3.8, 4) is 23.1 Å². The van der Waals surface area contributed by atoms with E-state index in [9.17, 15) is 4.79 Å². The van der Waals surface area contributed by atoms with Crippen LogP contribution >= 0.6 is 11.3 Å². The van der Waals surface area contributed by atoms with Gasteiger partial charge in [0.1, 0.15) is 5.01 Å². The van der Waals surface area contributed by atoms with Gasteiger partial charge in [0.05, 0.1) is 44.0 Å². The largest absolute Gasteiger partial charge is 0.481 e. The van der Waals surface area contributed by atoms with Gasteiger partial charge in [0.25, 0.3) is 0 Å². The minimum atomic E-state index is -0.485. The number of carbonyl (C=O) groups is 1. The first-order valence-corrected chi connectivity index (χ1v) is 10.7. The molecule has 0 fully saturated rings. The first-order chi connectivity index (χ1) is 15.5. The third kappa shape index (κ3) is 4.22. The van der Waals surface area contributed by atoms with E-state index in [1.54, 1.807) is 6.20 Å². The fourth-order valence-electron chi connectivity index (χ4n) is 3.61. The molecule has 10 heteroatoms. The van der Waals surface area contributed by atoms with Gasteiger partial charge in [-0.2, -0.15) is 4.98 Å². The summed E-state index contributed by atoms with van der Waals surface area (Å²) in [6.45, 7) is 5.93. The molecule has 1 aliphatic rings. The van der Waals surface area contributed by atoms with E-state index in [0.29, 0.717) is 23.7 Å². The van der Waals surface area contributed by atoms with Crippen molar-refractivity contribution >= 4 is 29.8 Å². The molecule has 2 aromatic heterocycles. The van der Waals surface area contributed by atoms with E-state index >= 15 is 0 Å². The van der Waals surface area contributed by atoms with Crippen molar-refractivity contribution in [2.75, 3.05) is 14.2 Å². The molecule has 0 spiro atoms. The summed E-state index contributed by atoms with van der Waals surface area (Å²) >= 11 is 1.51. The average Bonchev–Trinajstić information content (AvgIpc) is 3.28. The molecule has 2 unspecified atom stereocenters. The van der Waals surface area contributed by atoms with Crippen molar-refractivity contribution in [1.82, 2.24) is 20.3 Å². The summed E-state index contributed by atoms with van der Waals surface area (Å²) in [6, 6.07) is 7.33. The molecule has 0 saturated heterocycles. The number of carbonyl (C=O) groups excluding carboxylic acids is 1. The van der Waals surface area contributed by atoms with E-state index in [-0.39, 0.29) is 11.9 Å². The molecule has 1 aromatic carbocycles. The highest BCUT2D eigenvalue weighted by Crippen LogP contribution is 2.40. The summed E-state index contributed by atoms with van der Waals surface area (Å²) in [5, 5.41) is 5.74. The summed E-state index contributed by atoms with van der Waals surface area (Å²) in [5.74, 6) is 0.0339. The summed E-state index contributed by atoms with van der Waals surface area (Å²) in [6.07, 6.45) is 1.60. The number of aromatic nitrogens is 3. The number of nitrogens with zero attached hydrogens (tertiary/aromatic N) is 5. The highest BCUT2D eigenvalue weighted by molar-refractivity contribution is 7.10. The normalized spacial score (nSPS) is 18.0. The lowest BCUT2D eigenvalue weighted by molar-refractivity contribution is 0.242. The maximum atomic E-state index is 12.2. The molecular weight excluding hydrogens is 428 g/mol. The number of hydrogen-bond donors (Lipinski definition) is 1. The number of thiazole rings is 1. The quantitative estimate of drug-likeness (QED) is 0.548. The Labute approximate surface area is 189 Å². The van der Waals surface area contributed by atoms with Crippen LogP contribution in [0.25, 0.3) is 11.3 Å². The van der Waals surface area contributed by atoms with E-state index in [2.05, 4.69) is 32.0 Å². The van der Waals surface area contributed by atoms with Crippen LogP contribution in [0.5, 0.6) is 11.9 Å². The molecular formula is C22H22N6O3S. The fraction of sp³-hybridized carbons (Fsp3) is 0.273. The van der Waals surface area contributed by atoms with Gasteiger partial charge in [-0.05, 0) is 19.2 Å². The van der Waals surface area contributed by atoms with Crippen LogP contribution in [0.15, 0.2) is 45.8 Å². The lowest BCUT2D eigenvalue weighted by atomic mass is 9.89. The zero-order valence-corrected chi connectivity index (χ0v) is 18.7. The molecule has 0 radical (unpaired) electrons. The minimum Gasteiger partial charge on any atom is -0.481 e. The second-order valence-corrected chi connectivity index (χ2v) is 8.02. The fourth-order valence-corrected chi connectivity index (χ4v) is 4.63. The number of nitrogens with one attached hydrogen (secondary N) is 1. The Morgan fingerprint density at radius 3 is 2.66 bits per heavy atom. The van der Waals surface area contributed by atoms with Gasteiger partial charge in [-0.3, -0.25) is 4.99 Å². The molecule has 0 saturated carbocycles. The Morgan fingerprint density at radius 1 is 1.19 bits per heavy atom. The molecule has 1 aliphatic heterocycles. The molecule has 4 rings (SSSR count). The lowest BCUT2D eigenvalue weighted by Gasteiger charge is -2.30. The van der Waals surface area contributed by atoms with Crippen LogP contribution < -0.4 is 14.8 Å². The smallest absolute Gasteiger partial charge is 0.341 e. The van der Waals surface area contributed by atoms with Crippen molar-refractivity contribution in [1.29, 1.82) is 0 Å². The van der Waals surface area contributed by atoms with Crippen LogP contribution in [-0.4, -0.2) is 47.6 Å². The summed E-state index contributed by atoms with van der Waals surface area (Å²) in [7, 11) is 2.99. The number of benzene rings is 1. The number of methoxy groups -OCH3 is 2. The van der Waals surface area contributed by atoms with Crippen molar-refractivity contribution in [3.05, 3.63) is 52.0 Å². The van der Waals surface area contributed by atoms with Gasteiger partial charge in [0, 0.05) is 22.9 Å². The topological polar surface area (TPSA) is 111 Å². The van der Waals surface area contributed by atoms with Crippen LogP contribution in [0.3, 0.4) is 0 Å². The Balaban J connectivity index is 1.71. The molecule has 2 amide bonds. The maximum absolute atomic E-state index is 12.2. The SMILES string of the molecule is C=NCc1ccc(-c2csc(C3C(C)=NC(=O)NC3c3cnc(OC)nc3OC)n2)cc1. The first-order valence-electron chi connectivity index (χ1n) is 9.81. The van der Waals surface area contributed by atoms with Crippen molar-refractivity contribution in [3.63, 3.8) is 0 Å². The number of urea groups is 1. The highest BCUT2D eigenvalue weighted by Gasteiger charge is 2.37. The number of aliphatic imine (C=N–C) groups is 2. The van der Waals surface area contributed by atoms with Gasteiger partial charge in [-0.15, -0.1) is 11.3 Å². The van der Waals surface area contributed by atoms with Gasteiger partial charge in [0.2, 0.25) is 5.88 Å². The van der Waals surface area contributed by atoms with E-state index in [0.717, 1.165) is 21.8 Å². The second-order valence-electron chi connectivity index (χ2n) is 7.13. The molecule has 164 valence electrons. The third-order valence-electron chi connectivity index (χ3n) is 5.14. The number of amides is 2. The number of hydrogen-bond acceptors (Lipinski definition) is 8. The van der Waals surface area contributed by atoms with E-state index in [4.69, 9.17) is 14.5 Å². The van der Waals surface area contributed by atoms with Gasteiger partial charge < -0.3 is 14.8 Å². The number of rotatable bonds is 7. The second kappa shape index (κ2) is 9.23. The van der Waals surface area contributed by atoms with Crippen molar-refractivity contribution < 1.29 is 14.3 Å². The first kappa shape index (κ1) is 21.6. The van der Waals surface area contributed by atoms with Gasteiger partial charge in [-0.1, -0.05) is 24.3 Å². The Hall–Kier alpha value is -3.66. The molecule has 1 N–H and O–H groups in total. The standard InChI is InChI=1S/C22H22N6O3S/c1-12-17(20-26-16(11-32-20)14-7-5-13(6-8-14)9-23-2)18(27-21(29)25-12)15-10-24-22(31-4)28-19(15)30-3/h5-8,10-11,17-18H,2,9H2,1,3-4H3,(H,27,29). The van der Waals surface area contributed by atoms with Crippen molar-refractivity contribution in [2.45, 2.75) is 25.4 Å². The van der Waals surface area contributed by atoms with Crippen LogP contribution in [0.2, 0.25) is 0 Å². The monoisotopic (exact) mass is 450 g/mol. The maximum Gasteiger partial charge on any atom is 0.341 e. The molecule has 3 heterocycles. The number of ether oxygens (including phenoxy) is 2. The molecule has 0 aliphatic carbocycles. The minimum absolute atomic E-state index is 0.182. The van der Waals surface area contributed by atoms with E-state index in [1.807, 2.05) is 36.6 Å². The van der Waals surface area contributed by atoms with E-state index < -0.39 is 12.1 Å². The van der Waals surface area contributed by atoms with Gasteiger partial charge in [-0.25, -0.2) is 19.8 Å². The predicted octanol–water partition coefficient (Wildman–Crippen LogP) is 3.83. The van der Waals surface area contributed by atoms with Crippen LogP contribution in [0.1, 0.15) is 35.0 Å². The highest BCUT2D eigenvalue weighted by atomic mass is 32.1. The zero-order valence-electron chi connectivity index (χ0n) is 17.9. The van der Waals surface area contributed by atoms with Crippen LogP contribution in [-0.2, 0) is 6.54 Å². The molecule has 0 bridgehead atoms. The lowest BCUT2D eigenvalue weighted by Crippen LogP contribution is -2.39. The molecule has 9 nitrogen and oxygen atoms in total. The Bertz CT molecular complexity index is 1170. The average molecular weight is 451 g/mol. The Morgan fingerprint density at radius 2 is 1.97 bits per heavy atom. The van der Waals surface area contributed by atoms with Gasteiger partial charge >= 0.3 is 12.0 Å².